The second-order valence-electron chi connectivity index (χ2n) is 43.0. The summed E-state index contributed by atoms with van der Waals surface area (Å²) in [6, 6.07) is 59.4. The van der Waals surface area contributed by atoms with Gasteiger partial charge in [0.2, 0.25) is 0 Å². The summed E-state index contributed by atoms with van der Waals surface area (Å²) in [6.45, 7) is 95.2. The number of hydrogen-bond acceptors (Lipinski definition) is 21. The standard InChI is InChI=1S/C26H50O4Si6.C18H30O3Si4.C14H40O3Si5.C13H28O5Si4.C6H20O4Si3.C6H20O2Si3/c1-31(2)22-21-27-34(7,8)29-36(25-17-13-11-14-18-25,26-19-15-12-16-20-26)30-35(9,10)28-33(5,6)24-23-32(3)4;1-22(2)19-24(5,6)21-25(20-23(3)4,17-13-9-7-10-14-17)18-15-11-8-12-16-18;1-18(2)12-11-15-21(7,8)17-22(9,10)16-20(5,6)14-13-19(3)4;1-19(2,14)16-21(5,6)18-22(7,17-20(3,4)15)13-11-9-8-10-12-13;1-11(2,7)9-13(5,6)10-12(3,4)8;1-7-11(6,10(4)5)8-9(2)3/h11-20,31-32H,21-24H2,1-10H3;7-16,22-23H,1-6H3;18-19H,11-14H2,1-10H3;8-12,14-15H,1-7H3;7-8H,1-6H3;9-10H,1-6H3. The highest BCUT2D eigenvalue weighted by Gasteiger charge is 2.55. The van der Waals surface area contributed by atoms with Gasteiger partial charge in [0.15, 0.2) is 43.8 Å². The van der Waals surface area contributed by atoms with Gasteiger partial charge < -0.3 is 90.1 Å². The maximum Gasteiger partial charge on any atom is 0.389 e. The van der Waals surface area contributed by atoms with Gasteiger partial charge in [-0.05, 0) is 273 Å². The van der Waals surface area contributed by atoms with Crippen molar-refractivity contribution in [2.24, 2.45) is 0 Å². The summed E-state index contributed by atoms with van der Waals surface area (Å²) in [5.41, 5.74) is 0. The van der Waals surface area contributed by atoms with Crippen LogP contribution in [0.1, 0.15) is 0 Å². The first-order chi connectivity index (χ1) is 58.2. The van der Waals surface area contributed by atoms with E-state index in [0.717, 1.165) is 45.2 Å². The van der Waals surface area contributed by atoms with Gasteiger partial charge >= 0.3 is 120 Å². The Kier molecular flexibility index (Phi) is 57.4. The second-order valence-corrected chi connectivity index (χ2v) is 133. The molecular weight excluding hydrogens is 2040 g/mol. The molecule has 0 aliphatic heterocycles. The van der Waals surface area contributed by atoms with Gasteiger partial charge in [0, 0.05) is 55.5 Å². The third-order valence-corrected chi connectivity index (χ3v) is 99.0. The van der Waals surface area contributed by atoms with Gasteiger partial charge in [0.1, 0.15) is 0 Å². The normalized spacial score (nSPS) is 14.5. The Bertz CT molecular complexity index is 3720. The van der Waals surface area contributed by atoms with E-state index in [4.69, 9.17) is 70.9 Å². The van der Waals surface area contributed by atoms with Crippen molar-refractivity contribution < 1.29 is 90.1 Å². The zero-order valence-corrected chi connectivity index (χ0v) is 116. The van der Waals surface area contributed by atoms with Crippen LogP contribution < -0.4 is 25.9 Å². The third-order valence-electron chi connectivity index (χ3n) is 18.8. The highest BCUT2D eigenvalue weighted by atomic mass is 29.3. The number of rotatable bonds is 49. The molecule has 746 valence electrons. The van der Waals surface area contributed by atoms with Crippen molar-refractivity contribution in [3.8, 4) is 0 Å². The lowest BCUT2D eigenvalue weighted by molar-refractivity contribution is 0.239. The Labute approximate surface area is 820 Å². The molecule has 46 heteroatoms. The lowest BCUT2D eigenvalue weighted by atomic mass is 10.4. The molecule has 0 amide bonds. The smallest absolute Gasteiger partial charge is 0.389 e. The van der Waals surface area contributed by atoms with E-state index >= 15 is 0 Å². The van der Waals surface area contributed by atoms with E-state index in [1.54, 1.807) is 59.5 Å². The number of hydrogen-bond donors (Lipinski definition) is 4. The minimum Gasteiger partial charge on any atom is -0.441 e. The van der Waals surface area contributed by atoms with Gasteiger partial charge in [-0.25, -0.2) is 0 Å². The first-order valence-corrected chi connectivity index (χ1v) is 118. The predicted molar refractivity (Wildman–Crippen MR) is 615 cm³/mol. The van der Waals surface area contributed by atoms with Crippen molar-refractivity contribution >= 4 is 241 Å². The minimum absolute atomic E-state index is 0.489. The molecule has 129 heavy (non-hydrogen) atoms. The van der Waals surface area contributed by atoms with Crippen LogP contribution in [0.2, 0.25) is 324 Å². The van der Waals surface area contributed by atoms with E-state index in [9.17, 15) is 19.2 Å². The molecule has 2 atom stereocenters. The molecule has 0 aliphatic rings. The summed E-state index contributed by atoms with van der Waals surface area (Å²) >= 11 is 0. The molecule has 0 aromatic heterocycles. The highest BCUT2D eigenvalue weighted by Crippen LogP contribution is 2.31. The SMILES string of the molecule is CO[Si](C)(O[SiH](C)C)[SiH](C)C.C[SiH](C)CCO[Si](C)(C)O[Si](C)(C)O[Si](C)(C)CC[SiH](C)C.C[SiH](C)CCO[Si](C)(C)O[Si](O[Si](C)(C)O[Si](C)(C)CC[SiH](C)C)(c1ccccc1)c1ccccc1.C[SiH](C)O[Si](C)(C)O[Si](O[SiH](C)C)(c1ccccc1)c1ccccc1.C[Si](C)(O)O[Si](C)(C)O[Si](C)(C)O.C[Si](C)(O)O[Si](C)(C)O[Si](C)(O[Si](C)(C)O)c1ccccc1. The molecule has 5 rings (SSSR count). The molecule has 0 saturated carbocycles. The van der Waals surface area contributed by atoms with Crippen molar-refractivity contribution in [1.82, 2.24) is 0 Å². The Hall–Kier alpha value is 0.682. The molecule has 4 N–H and O–H groups in total. The fourth-order valence-corrected chi connectivity index (χ4v) is 107. The number of benzene rings is 5. The molecule has 0 heterocycles. The van der Waals surface area contributed by atoms with Gasteiger partial charge in [-0.2, -0.15) is 0 Å². The first-order valence-electron chi connectivity index (χ1n) is 47.0. The molecule has 5 aromatic carbocycles. The van der Waals surface area contributed by atoms with Crippen molar-refractivity contribution in [3.63, 3.8) is 0 Å². The maximum atomic E-state index is 10.2. The molecule has 0 fully saturated rings. The summed E-state index contributed by atoms with van der Waals surface area (Å²) in [6.07, 6.45) is 0. The van der Waals surface area contributed by atoms with Crippen LogP contribution >= 0.6 is 0 Å². The Balaban J connectivity index is 0.00000158. The largest absolute Gasteiger partial charge is 0.441 e. The Morgan fingerprint density at radius 3 is 0.752 bits per heavy atom. The fraction of sp³-hybridized carbons (Fsp3) is 0.639. The molecule has 5 aromatic rings. The molecule has 0 saturated heterocycles. The molecule has 0 spiro atoms. The lowest BCUT2D eigenvalue weighted by Crippen LogP contribution is -2.71. The maximum absolute atomic E-state index is 10.2. The minimum atomic E-state index is -3.12. The summed E-state index contributed by atoms with van der Waals surface area (Å²) < 4.78 is 108. The van der Waals surface area contributed by atoms with Crippen LogP contribution in [-0.2, 0) is 70.9 Å². The molecule has 2 unspecified atom stereocenters. The Morgan fingerprint density at radius 1 is 0.240 bits per heavy atom. The van der Waals surface area contributed by atoms with Crippen LogP contribution in [0.15, 0.2) is 152 Å². The van der Waals surface area contributed by atoms with Crippen molar-refractivity contribution in [3.05, 3.63) is 152 Å². The van der Waals surface area contributed by atoms with Crippen LogP contribution in [0.4, 0.5) is 0 Å². The Morgan fingerprint density at radius 2 is 0.488 bits per heavy atom. The second kappa shape index (κ2) is 57.1. The van der Waals surface area contributed by atoms with Crippen LogP contribution in [0.5, 0.6) is 0 Å². The van der Waals surface area contributed by atoms with E-state index in [-0.39, 0.29) is 0 Å². The zero-order valence-electron chi connectivity index (χ0n) is 89.4. The predicted octanol–water partition coefficient (Wildman–Crippen LogP) is 18.0. The average Bonchev–Trinajstić information content (AvgIpc) is 0.760. The third kappa shape index (κ3) is 59.3. The summed E-state index contributed by atoms with van der Waals surface area (Å²) in [4.78, 5) is 39.4. The molecule has 0 bridgehead atoms. The van der Waals surface area contributed by atoms with Gasteiger partial charge in [-0.3, -0.25) is 0 Å². The average molecular weight is 2220 g/mol. The van der Waals surface area contributed by atoms with Crippen molar-refractivity contribution in [1.29, 1.82) is 0 Å². The molecular formula is C83H188O21Si25. The molecule has 0 radical (unpaired) electrons. The van der Waals surface area contributed by atoms with Crippen LogP contribution in [0.25, 0.3) is 0 Å². The van der Waals surface area contributed by atoms with Crippen LogP contribution in [-0.4, -0.2) is 255 Å². The summed E-state index contributed by atoms with van der Waals surface area (Å²) in [5.74, 6) is 0. The van der Waals surface area contributed by atoms with Crippen molar-refractivity contribution in [2.45, 2.75) is 324 Å². The van der Waals surface area contributed by atoms with Gasteiger partial charge in [0.05, 0.1) is 8.31 Å². The van der Waals surface area contributed by atoms with E-state index in [0.29, 0.717) is 0 Å². The summed E-state index contributed by atoms with van der Waals surface area (Å²) in [5, 5.41) is 5.52. The van der Waals surface area contributed by atoms with E-state index in [2.05, 4.69) is 312 Å². The van der Waals surface area contributed by atoms with Gasteiger partial charge in [-0.1, -0.05) is 229 Å². The molecule has 0 aliphatic carbocycles. The van der Waals surface area contributed by atoms with Gasteiger partial charge in [0.25, 0.3) is 8.08 Å². The monoisotopic (exact) mass is 2220 g/mol. The lowest BCUT2D eigenvalue weighted by Gasteiger charge is -2.44. The first kappa shape index (κ1) is 130. The van der Waals surface area contributed by atoms with Gasteiger partial charge in [-0.15, -0.1) is 0 Å². The van der Waals surface area contributed by atoms with Crippen molar-refractivity contribution in [2.75, 3.05) is 20.3 Å². The van der Waals surface area contributed by atoms with Crippen LogP contribution in [0.3, 0.4) is 0 Å². The van der Waals surface area contributed by atoms with Crippen LogP contribution in [0, 0.1) is 0 Å². The molecule has 21 nitrogen and oxygen atoms in total. The zero-order chi connectivity index (χ0) is 100. The quantitative estimate of drug-likeness (QED) is 0.0265. The fourth-order valence-electron chi connectivity index (χ4n) is 14.5. The highest BCUT2D eigenvalue weighted by molar-refractivity contribution is 7.27. The van der Waals surface area contributed by atoms with E-state index in [1.165, 1.54) is 30.2 Å². The summed E-state index contributed by atoms with van der Waals surface area (Å²) in [7, 11) is -45.7. The van der Waals surface area contributed by atoms with E-state index in [1.807, 2.05) is 75.2 Å². The topological polar surface area (TPSA) is 238 Å². The van der Waals surface area contributed by atoms with E-state index < -0.39 is 215 Å².